The Morgan fingerprint density at radius 2 is 2.33 bits per heavy atom. The molecule has 0 saturated carbocycles. The number of halogens is 1. The Bertz CT molecular complexity index is 414. The average Bonchev–Trinajstić information content (AvgIpc) is 2.71. The molecule has 0 fully saturated rings. The summed E-state index contributed by atoms with van der Waals surface area (Å²) < 4.78 is 1.83. The van der Waals surface area contributed by atoms with E-state index in [-0.39, 0.29) is 0 Å². The molecule has 0 amide bonds. The molecular formula is C9H10ClN5. The van der Waals surface area contributed by atoms with Crippen molar-refractivity contribution in [3.63, 3.8) is 0 Å². The molecule has 2 aromatic rings. The molecule has 6 heteroatoms. The number of aromatic nitrogens is 4. The van der Waals surface area contributed by atoms with Crippen LogP contribution in [0.15, 0.2) is 30.7 Å². The molecule has 0 unspecified atom stereocenters. The third kappa shape index (κ3) is 2.92. The van der Waals surface area contributed by atoms with Crippen LogP contribution in [0.5, 0.6) is 0 Å². The molecule has 0 aliphatic carbocycles. The first-order valence-electron chi connectivity index (χ1n) is 4.54. The summed E-state index contributed by atoms with van der Waals surface area (Å²) in [7, 11) is 0. The molecule has 0 saturated heterocycles. The number of rotatable bonds is 4. The minimum Gasteiger partial charge on any atom is -0.352 e. The second-order valence-electron chi connectivity index (χ2n) is 2.90. The summed E-state index contributed by atoms with van der Waals surface area (Å²) in [5.41, 5.74) is 0. The van der Waals surface area contributed by atoms with Gasteiger partial charge in [0.1, 0.15) is 5.15 Å². The van der Waals surface area contributed by atoms with E-state index in [4.69, 9.17) is 11.6 Å². The zero-order valence-corrected chi connectivity index (χ0v) is 8.72. The van der Waals surface area contributed by atoms with Crippen LogP contribution in [0.3, 0.4) is 0 Å². The highest BCUT2D eigenvalue weighted by Gasteiger charge is 1.96. The minimum atomic E-state index is 0.437. The van der Waals surface area contributed by atoms with Gasteiger partial charge in [-0.3, -0.25) is 4.68 Å². The van der Waals surface area contributed by atoms with Crippen LogP contribution in [0.4, 0.5) is 5.95 Å². The molecule has 0 aromatic carbocycles. The van der Waals surface area contributed by atoms with Gasteiger partial charge in [0.05, 0.1) is 6.54 Å². The van der Waals surface area contributed by atoms with E-state index in [1.54, 1.807) is 18.5 Å². The van der Waals surface area contributed by atoms with Gasteiger partial charge >= 0.3 is 0 Å². The van der Waals surface area contributed by atoms with E-state index in [9.17, 15) is 0 Å². The lowest BCUT2D eigenvalue weighted by atomic mass is 10.6. The van der Waals surface area contributed by atoms with Crippen molar-refractivity contribution in [2.75, 3.05) is 11.9 Å². The predicted octanol–water partition coefficient (Wildman–Crippen LogP) is 1.44. The summed E-state index contributed by atoms with van der Waals surface area (Å²) in [6.07, 6.45) is 5.27. The van der Waals surface area contributed by atoms with Crippen molar-refractivity contribution in [1.29, 1.82) is 0 Å². The maximum Gasteiger partial charge on any atom is 0.224 e. The van der Waals surface area contributed by atoms with Crippen molar-refractivity contribution < 1.29 is 0 Å². The van der Waals surface area contributed by atoms with Gasteiger partial charge in [0.25, 0.3) is 0 Å². The van der Waals surface area contributed by atoms with Crippen LogP contribution in [0.2, 0.25) is 5.15 Å². The fraction of sp³-hybridized carbons (Fsp3) is 0.222. The molecule has 5 nitrogen and oxygen atoms in total. The molecule has 0 aliphatic rings. The lowest BCUT2D eigenvalue weighted by molar-refractivity contribution is 0.636. The SMILES string of the molecule is Clc1ccnc(NCCn2cccn2)n1. The van der Waals surface area contributed by atoms with E-state index < -0.39 is 0 Å². The monoisotopic (exact) mass is 223 g/mol. The number of nitrogens with one attached hydrogen (secondary N) is 1. The number of anilines is 1. The maximum atomic E-state index is 5.71. The first kappa shape index (κ1) is 9.92. The predicted molar refractivity (Wildman–Crippen MR) is 57.8 cm³/mol. The normalized spacial score (nSPS) is 10.2. The van der Waals surface area contributed by atoms with Gasteiger partial charge in [-0.25, -0.2) is 9.97 Å². The molecule has 2 heterocycles. The summed E-state index contributed by atoms with van der Waals surface area (Å²) in [6, 6.07) is 3.52. The fourth-order valence-electron chi connectivity index (χ4n) is 1.14. The van der Waals surface area contributed by atoms with E-state index in [0.29, 0.717) is 17.6 Å². The number of nitrogens with zero attached hydrogens (tertiary/aromatic N) is 4. The zero-order valence-electron chi connectivity index (χ0n) is 7.97. The van der Waals surface area contributed by atoms with E-state index >= 15 is 0 Å². The summed E-state index contributed by atoms with van der Waals surface area (Å²) in [4.78, 5) is 8.03. The van der Waals surface area contributed by atoms with Crippen LogP contribution < -0.4 is 5.32 Å². The van der Waals surface area contributed by atoms with Gasteiger partial charge < -0.3 is 5.32 Å². The van der Waals surface area contributed by atoms with Gasteiger partial charge in [-0.15, -0.1) is 0 Å². The highest BCUT2D eigenvalue weighted by atomic mass is 35.5. The topological polar surface area (TPSA) is 55.6 Å². The van der Waals surface area contributed by atoms with Gasteiger partial charge in [0.15, 0.2) is 0 Å². The summed E-state index contributed by atoms with van der Waals surface area (Å²) >= 11 is 5.71. The Morgan fingerprint density at radius 1 is 1.40 bits per heavy atom. The fourth-order valence-corrected chi connectivity index (χ4v) is 1.27. The third-order valence-electron chi connectivity index (χ3n) is 1.80. The summed E-state index contributed by atoms with van der Waals surface area (Å²) in [5, 5.41) is 7.57. The van der Waals surface area contributed by atoms with Crippen molar-refractivity contribution >= 4 is 17.5 Å². The standard InChI is InChI=1S/C9H10ClN5/c10-8-2-4-11-9(14-8)12-5-7-15-6-1-3-13-15/h1-4,6H,5,7H2,(H,11,12,14). The largest absolute Gasteiger partial charge is 0.352 e. The molecule has 2 rings (SSSR count). The molecule has 2 aromatic heterocycles. The van der Waals surface area contributed by atoms with Crippen molar-refractivity contribution in [1.82, 2.24) is 19.7 Å². The van der Waals surface area contributed by atoms with Crippen LogP contribution in [0, 0.1) is 0 Å². The van der Waals surface area contributed by atoms with Crippen LogP contribution in [-0.2, 0) is 6.54 Å². The van der Waals surface area contributed by atoms with E-state index in [0.717, 1.165) is 6.54 Å². The first-order chi connectivity index (χ1) is 7.34. The van der Waals surface area contributed by atoms with E-state index in [1.807, 2.05) is 16.9 Å². The molecule has 15 heavy (non-hydrogen) atoms. The summed E-state index contributed by atoms with van der Waals surface area (Å²) in [6.45, 7) is 1.48. The van der Waals surface area contributed by atoms with Crippen LogP contribution in [0.1, 0.15) is 0 Å². The Hall–Kier alpha value is -1.62. The molecule has 0 spiro atoms. The Kier molecular flexibility index (Phi) is 3.14. The molecule has 78 valence electrons. The van der Waals surface area contributed by atoms with Crippen molar-refractivity contribution in [2.24, 2.45) is 0 Å². The molecule has 0 aliphatic heterocycles. The minimum absolute atomic E-state index is 0.437. The lowest BCUT2D eigenvalue weighted by Gasteiger charge is -2.04. The van der Waals surface area contributed by atoms with Crippen LogP contribution in [-0.4, -0.2) is 26.3 Å². The highest BCUT2D eigenvalue weighted by molar-refractivity contribution is 6.29. The smallest absolute Gasteiger partial charge is 0.224 e. The van der Waals surface area contributed by atoms with Gasteiger partial charge in [0, 0.05) is 25.1 Å². The van der Waals surface area contributed by atoms with Gasteiger partial charge in [-0.2, -0.15) is 5.10 Å². The molecule has 0 atom stereocenters. The van der Waals surface area contributed by atoms with E-state index in [2.05, 4.69) is 20.4 Å². The Balaban J connectivity index is 1.83. The number of hydrogen-bond donors (Lipinski definition) is 1. The first-order valence-corrected chi connectivity index (χ1v) is 4.92. The van der Waals surface area contributed by atoms with Crippen molar-refractivity contribution in [3.8, 4) is 0 Å². The van der Waals surface area contributed by atoms with Gasteiger partial charge in [-0.05, 0) is 12.1 Å². The molecule has 0 bridgehead atoms. The van der Waals surface area contributed by atoms with Crippen LogP contribution in [0.25, 0.3) is 0 Å². The highest BCUT2D eigenvalue weighted by Crippen LogP contribution is 2.04. The van der Waals surface area contributed by atoms with Crippen LogP contribution >= 0.6 is 11.6 Å². The second kappa shape index (κ2) is 4.75. The van der Waals surface area contributed by atoms with Gasteiger partial charge in [-0.1, -0.05) is 11.6 Å². The Morgan fingerprint density at radius 3 is 3.07 bits per heavy atom. The lowest BCUT2D eigenvalue weighted by Crippen LogP contribution is -2.12. The maximum absolute atomic E-state index is 5.71. The molecular weight excluding hydrogens is 214 g/mol. The van der Waals surface area contributed by atoms with Crippen molar-refractivity contribution in [2.45, 2.75) is 6.54 Å². The van der Waals surface area contributed by atoms with Crippen molar-refractivity contribution in [3.05, 3.63) is 35.9 Å². The third-order valence-corrected chi connectivity index (χ3v) is 2.02. The van der Waals surface area contributed by atoms with E-state index in [1.165, 1.54) is 0 Å². The summed E-state index contributed by atoms with van der Waals surface area (Å²) in [5.74, 6) is 0.537. The van der Waals surface area contributed by atoms with Gasteiger partial charge in [0.2, 0.25) is 5.95 Å². The second-order valence-corrected chi connectivity index (χ2v) is 3.29. The number of hydrogen-bond acceptors (Lipinski definition) is 4. The molecule has 0 radical (unpaired) electrons. The average molecular weight is 224 g/mol. The zero-order chi connectivity index (χ0) is 10.5. The Labute approximate surface area is 92.1 Å². The quantitative estimate of drug-likeness (QED) is 0.797. The molecule has 1 N–H and O–H groups in total.